The molecule has 5 heteroatoms. The van der Waals surface area contributed by atoms with Crippen molar-refractivity contribution in [2.24, 2.45) is 4.99 Å². The molecular formula is C14H14N4O. The molecule has 96 valence electrons. The lowest BCUT2D eigenvalue weighted by Gasteiger charge is -2.37. The first-order chi connectivity index (χ1) is 9.23. The SMILES string of the molecule is Cc1cnn(-c2cccc(C3(N=C=O)CCC3)c2)n1. The fourth-order valence-corrected chi connectivity index (χ4v) is 2.45. The molecule has 1 aliphatic carbocycles. The number of benzene rings is 1. The Labute approximate surface area is 111 Å². The highest BCUT2D eigenvalue weighted by atomic mass is 16.1. The van der Waals surface area contributed by atoms with E-state index >= 15 is 0 Å². The number of isocyanates is 1. The van der Waals surface area contributed by atoms with Crippen molar-refractivity contribution in [1.29, 1.82) is 0 Å². The van der Waals surface area contributed by atoms with Crippen LogP contribution in [0, 0.1) is 6.92 Å². The zero-order valence-corrected chi connectivity index (χ0v) is 10.7. The summed E-state index contributed by atoms with van der Waals surface area (Å²) in [6, 6.07) is 7.89. The maximum Gasteiger partial charge on any atom is 0.235 e. The summed E-state index contributed by atoms with van der Waals surface area (Å²) in [5, 5.41) is 8.49. The summed E-state index contributed by atoms with van der Waals surface area (Å²) in [6.07, 6.45) is 6.32. The van der Waals surface area contributed by atoms with Crippen molar-refractivity contribution in [1.82, 2.24) is 15.0 Å². The highest BCUT2D eigenvalue weighted by Gasteiger charge is 2.38. The standard InChI is InChI=1S/C14H14N4O/c1-11-9-16-18(17-11)13-5-2-4-12(8-13)14(15-10-19)6-3-7-14/h2,4-5,8-9H,3,6-7H2,1H3. The zero-order chi connectivity index (χ0) is 13.3. The summed E-state index contributed by atoms with van der Waals surface area (Å²) in [6.45, 7) is 1.90. The van der Waals surface area contributed by atoms with E-state index in [9.17, 15) is 4.79 Å². The summed E-state index contributed by atoms with van der Waals surface area (Å²) in [5.41, 5.74) is 2.42. The summed E-state index contributed by atoms with van der Waals surface area (Å²) in [7, 11) is 0. The first-order valence-electron chi connectivity index (χ1n) is 6.32. The van der Waals surface area contributed by atoms with Crippen LogP contribution in [0.25, 0.3) is 5.69 Å². The lowest BCUT2D eigenvalue weighted by atomic mass is 9.72. The lowest BCUT2D eigenvalue weighted by molar-refractivity contribution is 0.256. The number of aromatic nitrogens is 3. The monoisotopic (exact) mass is 254 g/mol. The van der Waals surface area contributed by atoms with E-state index in [0.717, 1.165) is 36.2 Å². The molecule has 0 aliphatic heterocycles. The molecule has 19 heavy (non-hydrogen) atoms. The van der Waals surface area contributed by atoms with Crippen LogP contribution in [0.2, 0.25) is 0 Å². The van der Waals surface area contributed by atoms with Crippen LogP contribution in [0.4, 0.5) is 0 Å². The second-order valence-corrected chi connectivity index (χ2v) is 4.91. The number of hydrogen-bond acceptors (Lipinski definition) is 4. The summed E-state index contributed by atoms with van der Waals surface area (Å²) in [4.78, 5) is 16.2. The van der Waals surface area contributed by atoms with Gasteiger partial charge in [-0.25, -0.2) is 4.79 Å². The van der Waals surface area contributed by atoms with Crippen LogP contribution < -0.4 is 0 Å². The molecule has 3 rings (SSSR count). The molecule has 0 amide bonds. The quantitative estimate of drug-likeness (QED) is 0.623. The number of aryl methyl sites for hydroxylation is 1. The van der Waals surface area contributed by atoms with Crippen LogP contribution in [0.1, 0.15) is 30.5 Å². The van der Waals surface area contributed by atoms with E-state index in [1.807, 2.05) is 31.2 Å². The Hall–Kier alpha value is -2.26. The van der Waals surface area contributed by atoms with E-state index in [4.69, 9.17) is 0 Å². The number of nitrogens with zero attached hydrogens (tertiary/aromatic N) is 4. The van der Waals surface area contributed by atoms with Crippen LogP contribution in [-0.2, 0) is 10.3 Å². The van der Waals surface area contributed by atoms with Crippen molar-refractivity contribution in [3.05, 3.63) is 41.7 Å². The highest BCUT2D eigenvalue weighted by molar-refractivity contribution is 5.43. The van der Waals surface area contributed by atoms with E-state index in [-0.39, 0.29) is 5.54 Å². The van der Waals surface area contributed by atoms with E-state index < -0.39 is 0 Å². The van der Waals surface area contributed by atoms with Gasteiger partial charge in [0.25, 0.3) is 0 Å². The van der Waals surface area contributed by atoms with Gasteiger partial charge >= 0.3 is 0 Å². The van der Waals surface area contributed by atoms with Crippen LogP contribution in [-0.4, -0.2) is 21.1 Å². The van der Waals surface area contributed by atoms with Gasteiger partial charge < -0.3 is 0 Å². The van der Waals surface area contributed by atoms with Crippen molar-refractivity contribution >= 4 is 6.08 Å². The summed E-state index contributed by atoms with van der Waals surface area (Å²) < 4.78 is 0. The van der Waals surface area contributed by atoms with E-state index in [1.165, 1.54) is 0 Å². The summed E-state index contributed by atoms with van der Waals surface area (Å²) in [5.74, 6) is 0. The van der Waals surface area contributed by atoms with Crippen LogP contribution >= 0.6 is 0 Å². The van der Waals surface area contributed by atoms with Crippen molar-refractivity contribution < 1.29 is 4.79 Å². The van der Waals surface area contributed by atoms with Gasteiger partial charge in [0.1, 0.15) is 0 Å². The van der Waals surface area contributed by atoms with Crippen LogP contribution in [0.5, 0.6) is 0 Å². The Morgan fingerprint density at radius 3 is 2.84 bits per heavy atom. The van der Waals surface area contributed by atoms with Crippen molar-refractivity contribution in [2.75, 3.05) is 0 Å². The van der Waals surface area contributed by atoms with Gasteiger partial charge in [-0.2, -0.15) is 20.0 Å². The Morgan fingerprint density at radius 2 is 2.26 bits per heavy atom. The summed E-state index contributed by atoms with van der Waals surface area (Å²) >= 11 is 0. The Morgan fingerprint density at radius 1 is 1.42 bits per heavy atom. The van der Waals surface area contributed by atoms with Gasteiger partial charge in [0.05, 0.1) is 23.1 Å². The predicted molar refractivity (Wildman–Crippen MR) is 69.7 cm³/mol. The molecule has 0 saturated heterocycles. The molecule has 1 aromatic carbocycles. The minimum Gasteiger partial charge on any atom is -0.211 e. The largest absolute Gasteiger partial charge is 0.235 e. The highest BCUT2D eigenvalue weighted by Crippen LogP contribution is 2.44. The molecule has 0 bridgehead atoms. The van der Waals surface area contributed by atoms with E-state index in [1.54, 1.807) is 17.1 Å². The number of rotatable bonds is 3. The van der Waals surface area contributed by atoms with Gasteiger partial charge in [-0.3, -0.25) is 0 Å². The van der Waals surface area contributed by atoms with Gasteiger partial charge in [-0.05, 0) is 43.9 Å². The fourth-order valence-electron chi connectivity index (χ4n) is 2.45. The molecule has 1 aliphatic rings. The van der Waals surface area contributed by atoms with Crippen LogP contribution in [0.3, 0.4) is 0 Å². The topological polar surface area (TPSA) is 60.1 Å². The fraction of sp³-hybridized carbons (Fsp3) is 0.357. The average molecular weight is 254 g/mol. The maximum atomic E-state index is 10.6. The molecular weight excluding hydrogens is 240 g/mol. The first-order valence-corrected chi connectivity index (χ1v) is 6.32. The second kappa shape index (κ2) is 4.44. The van der Waals surface area contributed by atoms with Crippen molar-refractivity contribution in [2.45, 2.75) is 31.7 Å². The van der Waals surface area contributed by atoms with Gasteiger partial charge in [-0.15, -0.1) is 0 Å². The normalized spacial score (nSPS) is 16.5. The Balaban J connectivity index is 2.02. The molecule has 1 aromatic heterocycles. The third kappa shape index (κ3) is 1.98. The molecule has 1 heterocycles. The van der Waals surface area contributed by atoms with Gasteiger partial charge in [0, 0.05) is 0 Å². The third-order valence-corrected chi connectivity index (χ3v) is 3.66. The molecule has 0 atom stereocenters. The number of carbonyl (C=O) groups excluding carboxylic acids is 1. The van der Waals surface area contributed by atoms with E-state index in [2.05, 4.69) is 15.2 Å². The third-order valence-electron chi connectivity index (χ3n) is 3.66. The lowest BCUT2D eigenvalue weighted by Crippen LogP contribution is -2.31. The maximum absolute atomic E-state index is 10.6. The second-order valence-electron chi connectivity index (χ2n) is 4.91. The average Bonchev–Trinajstić information content (AvgIpc) is 2.81. The molecule has 0 radical (unpaired) electrons. The number of aliphatic imine (C=N–C) groups is 1. The minimum atomic E-state index is -0.375. The smallest absolute Gasteiger partial charge is 0.211 e. The molecule has 1 fully saturated rings. The minimum absolute atomic E-state index is 0.375. The Bertz CT molecular complexity index is 651. The molecule has 0 unspecified atom stereocenters. The molecule has 2 aromatic rings. The van der Waals surface area contributed by atoms with Crippen molar-refractivity contribution in [3.63, 3.8) is 0 Å². The first kappa shape index (κ1) is 11.8. The molecule has 0 spiro atoms. The number of hydrogen-bond donors (Lipinski definition) is 0. The van der Waals surface area contributed by atoms with Gasteiger partial charge in [-0.1, -0.05) is 12.1 Å². The zero-order valence-electron chi connectivity index (χ0n) is 10.7. The predicted octanol–water partition coefficient (Wildman–Crippen LogP) is 2.29. The molecule has 0 N–H and O–H groups in total. The van der Waals surface area contributed by atoms with Gasteiger partial charge in [0.15, 0.2) is 0 Å². The molecule has 5 nitrogen and oxygen atoms in total. The Kier molecular flexibility index (Phi) is 2.76. The van der Waals surface area contributed by atoms with E-state index in [0.29, 0.717) is 0 Å². The van der Waals surface area contributed by atoms with Crippen LogP contribution in [0.15, 0.2) is 35.5 Å². The molecule has 1 saturated carbocycles. The van der Waals surface area contributed by atoms with Gasteiger partial charge in [0.2, 0.25) is 6.08 Å². The van der Waals surface area contributed by atoms with Crippen molar-refractivity contribution in [3.8, 4) is 5.69 Å².